The van der Waals surface area contributed by atoms with Gasteiger partial charge in [-0.15, -0.1) is 0 Å². The predicted octanol–water partition coefficient (Wildman–Crippen LogP) is 6.59. The highest BCUT2D eigenvalue weighted by molar-refractivity contribution is 6.31. The Morgan fingerprint density at radius 3 is 2.39 bits per heavy atom. The molecule has 0 amide bonds. The molecule has 0 atom stereocenters. The molecule has 2 heterocycles. The number of aromatic nitrogens is 1. The van der Waals surface area contributed by atoms with Crippen LogP contribution in [0.3, 0.4) is 0 Å². The average Bonchev–Trinajstić information content (AvgIpc) is 3.25. The number of ether oxygens (including phenoxy) is 1. The van der Waals surface area contributed by atoms with Crippen molar-refractivity contribution >= 4 is 57.9 Å². The zero-order valence-corrected chi connectivity index (χ0v) is 18.1. The normalized spacial score (nSPS) is 13.4. The molecule has 1 aromatic heterocycles. The van der Waals surface area contributed by atoms with Crippen molar-refractivity contribution in [1.82, 2.24) is 0 Å². The first-order valence-electron chi connectivity index (χ1n) is 9.01. The summed E-state index contributed by atoms with van der Waals surface area (Å²) in [5.41, 5.74) is 2.77. The summed E-state index contributed by atoms with van der Waals surface area (Å²) in [5, 5.41) is 1.38. The van der Waals surface area contributed by atoms with Gasteiger partial charge in [0.2, 0.25) is 11.5 Å². The number of anilines is 1. The van der Waals surface area contributed by atoms with E-state index in [0.717, 1.165) is 47.4 Å². The molecule has 3 aromatic rings. The molecule has 0 unspecified atom stereocenters. The van der Waals surface area contributed by atoms with E-state index >= 15 is 0 Å². The Bertz CT molecular complexity index is 1080. The molecule has 2 aromatic carbocycles. The predicted molar refractivity (Wildman–Crippen MR) is 129 cm³/mol. The van der Waals surface area contributed by atoms with Crippen LogP contribution < -0.4 is 18.9 Å². The first kappa shape index (κ1) is 26.9. The molecule has 0 radical (unpaired) electrons. The van der Waals surface area contributed by atoms with E-state index in [1.165, 1.54) is 0 Å². The highest BCUT2D eigenvalue weighted by Crippen LogP contribution is 2.40. The van der Waals surface area contributed by atoms with Gasteiger partial charge < -0.3 is 18.7 Å². The van der Waals surface area contributed by atoms with Crippen molar-refractivity contribution in [2.24, 2.45) is 0 Å². The zero-order chi connectivity index (χ0) is 21.0. The number of fused-ring (bicyclic) bond motifs is 2. The molecule has 0 saturated carbocycles. The topological polar surface area (TPSA) is 52.5 Å². The fourth-order valence-electron chi connectivity index (χ4n) is 3.26. The molecule has 1 aliphatic heterocycles. The maximum absolute atomic E-state index is 7.72. The number of rotatable bonds is 4. The number of nitrogens with zero attached hydrogens (tertiary/aromatic N) is 2. The van der Waals surface area contributed by atoms with E-state index in [9.17, 15) is 0 Å². The van der Waals surface area contributed by atoms with Gasteiger partial charge in [0.25, 0.3) is 5.52 Å². The van der Waals surface area contributed by atoms with Crippen LogP contribution in [0.15, 0.2) is 58.9 Å². The van der Waals surface area contributed by atoms with Crippen molar-refractivity contribution in [1.29, 1.82) is 0 Å². The molecule has 8 heteroatoms. The molecule has 0 aliphatic carbocycles. The summed E-state index contributed by atoms with van der Waals surface area (Å²) in [6, 6.07) is 11.3. The van der Waals surface area contributed by atoms with Gasteiger partial charge >= 0.3 is 5.89 Å². The van der Waals surface area contributed by atoms with Crippen LogP contribution in [0.25, 0.3) is 17.2 Å². The number of allylic oxidation sites excluding steroid dienone is 2. The highest BCUT2D eigenvalue weighted by Gasteiger charge is 2.25. The van der Waals surface area contributed by atoms with Crippen LogP contribution in [0.5, 0.6) is 5.75 Å². The fourth-order valence-corrected chi connectivity index (χ4v) is 3.59. The monoisotopic (exact) mass is 484 g/mol. The van der Waals surface area contributed by atoms with Crippen molar-refractivity contribution < 1.29 is 18.4 Å². The van der Waals surface area contributed by atoms with Crippen LogP contribution in [0.1, 0.15) is 34.6 Å². The third kappa shape index (κ3) is 5.55. The Kier molecular flexibility index (Phi) is 10.4. The van der Waals surface area contributed by atoms with Crippen molar-refractivity contribution in [2.45, 2.75) is 35.2 Å². The summed E-state index contributed by atoms with van der Waals surface area (Å²) in [6.45, 7) is 5.71. The van der Waals surface area contributed by atoms with E-state index in [0.29, 0.717) is 10.0 Å². The molecule has 168 valence electrons. The van der Waals surface area contributed by atoms with E-state index in [4.69, 9.17) is 37.0 Å². The quantitative estimate of drug-likeness (QED) is 0.391. The minimum atomic E-state index is 0. The third-order valence-corrected chi connectivity index (χ3v) is 4.96. The Balaban J connectivity index is 0.00000117. The SMILES string of the molecule is C.C.CCN1C(=CC=Cc2oc3ccc(Cl)cc3[n+]2CC)Oc2ccc(Cl)cc21.[O-]Cl. The van der Waals surface area contributed by atoms with E-state index in [1.54, 1.807) is 0 Å². The number of hydrogen-bond acceptors (Lipinski definition) is 4. The first-order valence-corrected chi connectivity index (χ1v) is 10.1. The van der Waals surface area contributed by atoms with E-state index in [2.05, 4.69) is 35.2 Å². The second kappa shape index (κ2) is 12.0. The molecule has 31 heavy (non-hydrogen) atoms. The third-order valence-electron chi connectivity index (χ3n) is 4.49. The molecule has 1 aliphatic rings. The lowest BCUT2D eigenvalue weighted by atomic mass is 10.3. The molecular weight excluding hydrogens is 459 g/mol. The van der Waals surface area contributed by atoms with Crippen molar-refractivity contribution in [3.63, 3.8) is 0 Å². The van der Waals surface area contributed by atoms with Crippen LogP contribution in [0, 0.1) is 0 Å². The Morgan fingerprint density at radius 1 is 1.03 bits per heavy atom. The number of oxazole rings is 1. The summed E-state index contributed by atoms with van der Waals surface area (Å²) in [6.07, 6.45) is 5.78. The van der Waals surface area contributed by atoms with Gasteiger partial charge in [0.1, 0.15) is 6.54 Å². The van der Waals surface area contributed by atoms with Crippen molar-refractivity contribution in [2.75, 3.05) is 11.4 Å². The average molecular weight is 486 g/mol. The number of aryl methyl sites for hydroxylation is 1. The van der Waals surface area contributed by atoms with Gasteiger partial charge in [-0.3, -0.25) is 0 Å². The van der Waals surface area contributed by atoms with Crippen LogP contribution in [0.2, 0.25) is 10.0 Å². The van der Waals surface area contributed by atoms with Crippen molar-refractivity contribution in [3.05, 3.63) is 70.4 Å². The van der Waals surface area contributed by atoms with Crippen LogP contribution >= 0.6 is 35.1 Å². The standard InChI is InChI=1S/C21H19Cl2N2O2.2CH4.ClO/c1-3-24-16-12-14(22)8-10-18(16)26-20(24)6-5-7-21-25(4-2)17-13-15(23)9-11-19(17)27-21;;;1-2/h5-13H,3-4H2,1-2H3;2*1H4;/q+1;;;-1. The van der Waals surface area contributed by atoms with Gasteiger partial charge in [0.15, 0.2) is 5.75 Å². The maximum Gasteiger partial charge on any atom is 0.374 e. The molecule has 5 nitrogen and oxygen atoms in total. The zero-order valence-electron chi connectivity index (χ0n) is 15.9. The summed E-state index contributed by atoms with van der Waals surface area (Å²) >= 11 is 15.6. The molecule has 0 spiro atoms. The van der Waals surface area contributed by atoms with E-state index < -0.39 is 0 Å². The van der Waals surface area contributed by atoms with Crippen LogP contribution in [0.4, 0.5) is 5.69 Å². The van der Waals surface area contributed by atoms with Gasteiger partial charge in [-0.05, 0) is 56.3 Å². The molecule has 0 N–H and O–H groups in total. The molecule has 0 bridgehead atoms. The van der Waals surface area contributed by atoms with Crippen LogP contribution in [-0.2, 0) is 6.54 Å². The lowest BCUT2D eigenvalue weighted by molar-refractivity contribution is -0.674. The van der Waals surface area contributed by atoms with Gasteiger partial charge in [0, 0.05) is 22.7 Å². The van der Waals surface area contributed by atoms with Gasteiger partial charge in [0.05, 0.1) is 11.8 Å². The summed E-state index contributed by atoms with van der Waals surface area (Å²) in [7, 11) is 0. The Hall–Kier alpha value is -2.18. The minimum absolute atomic E-state index is 0. The van der Waals surface area contributed by atoms with Gasteiger partial charge in [-0.1, -0.05) is 38.1 Å². The molecule has 0 fully saturated rings. The second-order valence-electron chi connectivity index (χ2n) is 6.12. The first-order chi connectivity index (χ1) is 14.1. The second-order valence-corrected chi connectivity index (χ2v) is 6.99. The fraction of sp³-hybridized carbons (Fsp3) is 0.261. The maximum atomic E-state index is 7.72. The van der Waals surface area contributed by atoms with E-state index in [1.807, 2.05) is 54.6 Å². The summed E-state index contributed by atoms with van der Waals surface area (Å²) < 4.78 is 21.7. The largest absolute Gasteiger partial charge is 0.769 e. The Labute approximate surface area is 198 Å². The van der Waals surface area contributed by atoms with Crippen LogP contribution in [-0.4, -0.2) is 6.54 Å². The summed E-state index contributed by atoms with van der Waals surface area (Å²) in [5.74, 6) is 2.32. The molecular formula is C23H27Cl3N2O3. The van der Waals surface area contributed by atoms with Gasteiger partial charge in [-0.2, -0.15) is 4.57 Å². The molecule has 4 rings (SSSR count). The van der Waals surface area contributed by atoms with E-state index in [-0.39, 0.29) is 14.9 Å². The minimum Gasteiger partial charge on any atom is -0.769 e. The lowest BCUT2D eigenvalue weighted by Gasteiger charge is -2.15. The Morgan fingerprint density at radius 2 is 1.71 bits per heavy atom. The molecule has 0 saturated heterocycles. The number of halogens is 3. The number of benzene rings is 2. The summed E-state index contributed by atoms with van der Waals surface area (Å²) in [4.78, 5) is 2.08. The highest BCUT2D eigenvalue weighted by atomic mass is 35.5. The van der Waals surface area contributed by atoms with Gasteiger partial charge in [-0.25, -0.2) is 11.9 Å². The van der Waals surface area contributed by atoms with Crippen molar-refractivity contribution in [3.8, 4) is 5.75 Å². The number of hydrogen-bond donors (Lipinski definition) is 0. The smallest absolute Gasteiger partial charge is 0.374 e. The lowest BCUT2D eigenvalue weighted by Crippen LogP contribution is -2.33.